The number of carbonyl (C=O) groups is 2. The highest BCUT2D eigenvalue weighted by Crippen LogP contribution is 2.42. The summed E-state index contributed by atoms with van der Waals surface area (Å²) in [7, 11) is 1.78. The average Bonchev–Trinajstić information content (AvgIpc) is 3.24. The minimum atomic E-state index is -0.876. The number of rotatable bonds is 4. The minimum Gasteiger partial charge on any atom is -0.388 e. The van der Waals surface area contributed by atoms with Gasteiger partial charge in [-0.3, -0.25) is 9.59 Å². The minimum absolute atomic E-state index is 0.250. The number of amides is 2. The van der Waals surface area contributed by atoms with Gasteiger partial charge < -0.3 is 15.5 Å². The number of thiophene rings is 1. The van der Waals surface area contributed by atoms with Gasteiger partial charge >= 0.3 is 0 Å². The molecule has 1 aromatic heterocycles. The van der Waals surface area contributed by atoms with Crippen LogP contribution in [0.4, 0.5) is 30.2 Å². The molecule has 0 aliphatic carbocycles. The summed E-state index contributed by atoms with van der Waals surface area (Å²) in [6.07, 6.45) is 0.407. The number of hydrogen-bond acceptors (Lipinski definition) is 4. The molecule has 2 heterocycles. The van der Waals surface area contributed by atoms with E-state index in [4.69, 9.17) is 0 Å². The zero-order chi connectivity index (χ0) is 25.4. The second kappa shape index (κ2) is 9.50. The van der Waals surface area contributed by atoms with Gasteiger partial charge in [0.15, 0.2) is 0 Å². The van der Waals surface area contributed by atoms with Crippen LogP contribution in [0.3, 0.4) is 0 Å². The van der Waals surface area contributed by atoms with Crippen molar-refractivity contribution in [2.75, 3.05) is 29.1 Å². The van der Waals surface area contributed by atoms with Crippen LogP contribution in [0.25, 0.3) is 10.4 Å². The van der Waals surface area contributed by atoms with Gasteiger partial charge in [-0.15, -0.1) is 11.3 Å². The van der Waals surface area contributed by atoms with E-state index in [2.05, 4.69) is 10.6 Å². The third kappa shape index (κ3) is 4.33. The summed E-state index contributed by atoms with van der Waals surface area (Å²) in [6.45, 7) is 0.260. The second-order valence-electron chi connectivity index (χ2n) is 8.21. The molecule has 3 aromatic carbocycles. The van der Waals surface area contributed by atoms with Crippen LogP contribution in [-0.2, 0) is 6.42 Å². The molecule has 36 heavy (non-hydrogen) atoms. The molecule has 0 bridgehead atoms. The first-order valence-electron chi connectivity index (χ1n) is 11.1. The van der Waals surface area contributed by atoms with E-state index < -0.39 is 29.0 Å². The molecule has 0 atom stereocenters. The van der Waals surface area contributed by atoms with Crippen molar-refractivity contribution in [1.29, 1.82) is 0 Å². The fourth-order valence-electron chi connectivity index (χ4n) is 4.17. The molecule has 0 unspecified atom stereocenters. The van der Waals surface area contributed by atoms with E-state index in [0.717, 1.165) is 34.7 Å². The molecule has 2 amide bonds. The number of hydrogen-bond donors (Lipinski definition) is 2. The normalized spacial score (nSPS) is 12.4. The van der Waals surface area contributed by atoms with E-state index in [-0.39, 0.29) is 17.3 Å². The third-order valence-corrected chi connectivity index (χ3v) is 7.21. The number of benzene rings is 3. The Balaban J connectivity index is 1.50. The molecule has 4 aromatic rings. The molecule has 0 saturated heterocycles. The molecule has 182 valence electrons. The number of nitrogens with one attached hydrogen (secondary N) is 2. The first-order chi connectivity index (χ1) is 17.4. The first-order valence-corrected chi connectivity index (χ1v) is 11.9. The molecule has 0 spiro atoms. The largest absolute Gasteiger partial charge is 0.388 e. The van der Waals surface area contributed by atoms with E-state index in [9.17, 15) is 22.8 Å². The number of anilines is 3. The van der Waals surface area contributed by atoms with Gasteiger partial charge in [-0.2, -0.15) is 0 Å². The van der Waals surface area contributed by atoms with Gasteiger partial charge in [-0.05, 0) is 72.6 Å². The van der Waals surface area contributed by atoms with Gasteiger partial charge in [0, 0.05) is 35.3 Å². The lowest BCUT2D eigenvalue weighted by Crippen LogP contribution is -2.32. The van der Waals surface area contributed by atoms with Gasteiger partial charge in [-0.25, -0.2) is 13.2 Å². The number of halogens is 3. The quantitative estimate of drug-likeness (QED) is 0.339. The lowest BCUT2D eigenvalue weighted by Gasteiger charge is -2.23. The van der Waals surface area contributed by atoms with Crippen molar-refractivity contribution in [1.82, 2.24) is 0 Å². The topological polar surface area (TPSA) is 61.4 Å². The van der Waals surface area contributed by atoms with Crippen LogP contribution >= 0.6 is 11.3 Å². The Labute approximate surface area is 209 Å². The molecule has 0 saturated carbocycles. The maximum absolute atomic E-state index is 14.3. The highest BCUT2D eigenvalue weighted by atomic mass is 32.1. The Hall–Kier alpha value is -4.11. The highest BCUT2D eigenvalue weighted by molar-refractivity contribution is 7.17. The molecular formula is C27H20F3N3O2S. The van der Waals surface area contributed by atoms with E-state index in [0.29, 0.717) is 28.1 Å². The van der Waals surface area contributed by atoms with Crippen LogP contribution in [0.15, 0.2) is 66.7 Å². The van der Waals surface area contributed by atoms with Crippen molar-refractivity contribution >= 4 is 40.2 Å². The number of fused-ring (bicyclic) bond motifs is 3. The molecule has 9 heteroatoms. The molecule has 0 radical (unpaired) electrons. The summed E-state index contributed by atoms with van der Waals surface area (Å²) in [5.41, 5.74) is 2.58. The Morgan fingerprint density at radius 2 is 1.67 bits per heavy atom. The van der Waals surface area contributed by atoms with Crippen LogP contribution in [0, 0.1) is 17.5 Å². The second-order valence-corrected chi connectivity index (χ2v) is 9.26. The lowest BCUT2D eigenvalue weighted by atomic mass is 10.1. The molecule has 5 rings (SSSR count). The van der Waals surface area contributed by atoms with Crippen molar-refractivity contribution in [2.45, 2.75) is 6.42 Å². The maximum atomic E-state index is 14.3. The van der Waals surface area contributed by atoms with Gasteiger partial charge in [-0.1, -0.05) is 6.07 Å². The van der Waals surface area contributed by atoms with Crippen LogP contribution in [0.2, 0.25) is 0 Å². The predicted molar refractivity (Wildman–Crippen MR) is 135 cm³/mol. The summed E-state index contributed by atoms with van der Waals surface area (Å²) >= 11 is 1.13. The first kappa shape index (κ1) is 23.6. The lowest BCUT2D eigenvalue weighted by molar-refractivity contribution is 0.0985. The Kier molecular flexibility index (Phi) is 6.24. The monoisotopic (exact) mass is 507 g/mol. The molecular weight excluding hydrogens is 487 g/mol. The average molecular weight is 508 g/mol. The molecule has 5 nitrogen and oxygen atoms in total. The third-order valence-electron chi connectivity index (χ3n) is 6.00. The van der Waals surface area contributed by atoms with Crippen LogP contribution in [-0.4, -0.2) is 25.4 Å². The predicted octanol–water partition coefficient (Wildman–Crippen LogP) is 6.33. The van der Waals surface area contributed by atoms with Crippen LogP contribution in [0.5, 0.6) is 0 Å². The summed E-state index contributed by atoms with van der Waals surface area (Å²) in [5.74, 6) is -3.17. The summed E-state index contributed by atoms with van der Waals surface area (Å²) in [5, 5.41) is 5.30. The van der Waals surface area contributed by atoms with Gasteiger partial charge in [0.2, 0.25) is 0 Å². The summed E-state index contributed by atoms with van der Waals surface area (Å²) in [4.78, 5) is 28.7. The van der Waals surface area contributed by atoms with Crippen molar-refractivity contribution in [3.63, 3.8) is 0 Å². The molecule has 1 aliphatic heterocycles. The number of para-hydroxylation sites is 1. The van der Waals surface area contributed by atoms with Gasteiger partial charge in [0.25, 0.3) is 11.8 Å². The molecule has 1 aliphatic rings. The van der Waals surface area contributed by atoms with E-state index >= 15 is 0 Å². The SMILES string of the molecule is CNc1ccc(C(=O)N2CCc3cc(C(=O)Nc4c(F)cccc4F)sc3-c3ccc(F)cc32)cc1. The van der Waals surface area contributed by atoms with E-state index in [1.807, 2.05) is 0 Å². The number of nitrogens with zero attached hydrogens (tertiary/aromatic N) is 1. The molecule has 2 N–H and O–H groups in total. The molecule has 0 fully saturated rings. The van der Waals surface area contributed by atoms with Gasteiger partial charge in [0.1, 0.15) is 23.1 Å². The zero-order valence-electron chi connectivity index (χ0n) is 19.1. The van der Waals surface area contributed by atoms with Crippen molar-refractivity contribution < 1.29 is 22.8 Å². The van der Waals surface area contributed by atoms with Gasteiger partial charge in [0.05, 0.1) is 10.6 Å². The fraction of sp³-hybridized carbons (Fsp3) is 0.111. The summed E-state index contributed by atoms with van der Waals surface area (Å²) < 4.78 is 42.3. The Morgan fingerprint density at radius 3 is 2.36 bits per heavy atom. The Morgan fingerprint density at radius 1 is 0.944 bits per heavy atom. The standard InChI is InChI=1S/C27H20F3N3O2S/c1-31-18-8-5-15(6-9-18)27(35)33-12-11-16-13-23(26(34)32-24-20(29)3-2-4-21(24)30)36-25(16)19-10-7-17(28)14-22(19)33/h2-10,13-14,31H,11-12H2,1H3,(H,32,34). The highest BCUT2D eigenvalue weighted by Gasteiger charge is 2.28. The van der Waals surface area contributed by atoms with Crippen molar-refractivity contribution in [3.8, 4) is 10.4 Å². The van der Waals surface area contributed by atoms with E-state index in [1.54, 1.807) is 43.4 Å². The van der Waals surface area contributed by atoms with Crippen LogP contribution < -0.4 is 15.5 Å². The smallest absolute Gasteiger partial charge is 0.265 e. The Bertz CT molecular complexity index is 1460. The van der Waals surface area contributed by atoms with Crippen LogP contribution in [0.1, 0.15) is 25.6 Å². The van der Waals surface area contributed by atoms with Crippen molar-refractivity contribution in [2.24, 2.45) is 0 Å². The van der Waals surface area contributed by atoms with Crippen molar-refractivity contribution in [3.05, 3.63) is 100 Å². The number of carbonyl (C=O) groups excluding carboxylic acids is 2. The maximum Gasteiger partial charge on any atom is 0.265 e. The summed E-state index contributed by atoms with van der Waals surface area (Å²) in [6, 6.07) is 16.2. The van der Waals surface area contributed by atoms with E-state index in [1.165, 1.54) is 23.1 Å². The zero-order valence-corrected chi connectivity index (χ0v) is 19.9. The fourth-order valence-corrected chi connectivity index (χ4v) is 5.31.